The molecule has 0 aromatic rings. The van der Waals surface area contributed by atoms with Gasteiger partial charge in [0, 0.05) is 13.2 Å². The minimum atomic E-state index is 0.0134. The van der Waals surface area contributed by atoms with Gasteiger partial charge in [-0.25, -0.2) is 0 Å². The molecule has 0 aliphatic heterocycles. The molecule has 0 unspecified atom stereocenters. The molecule has 0 saturated carbocycles. The predicted molar refractivity (Wildman–Crippen MR) is 118 cm³/mol. The lowest BCUT2D eigenvalue weighted by Gasteiger charge is -2.18. The number of ether oxygens (including phenoxy) is 4. The molecule has 28 heavy (non-hydrogen) atoms. The normalized spacial score (nSPS) is 11.7. The molecule has 0 fully saturated rings. The summed E-state index contributed by atoms with van der Waals surface area (Å²) >= 11 is 0. The molecule has 4 nitrogen and oxygen atoms in total. The fourth-order valence-corrected chi connectivity index (χ4v) is 2.82. The third-order valence-electron chi connectivity index (χ3n) is 4.61. The Balaban J connectivity index is 3.45. The van der Waals surface area contributed by atoms with Gasteiger partial charge in [-0.15, -0.1) is 0 Å². The van der Waals surface area contributed by atoms with Crippen LogP contribution in [0.3, 0.4) is 0 Å². The fraction of sp³-hybridized carbons (Fsp3) is 0.917. The van der Waals surface area contributed by atoms with Crippen LogP contribution in [0.25, 0.3) is 0 Å². The van der Waals surface area contributed by atoms with Gasteiger partial charge in [0.15, 0.2) is 13.1 Å². The van der Waals surface area contributed by atoms with Crippen LogP contribution >= 0.6 is 0 Å². The predicted octanol–water partition coefficient (Wildman–Crippen LogP) is 7.37. The van der Waals surface area contributed by atoms with E-state index in [1.54, 1.807) is 6.26 Å². The Labute approximate surface area is 175 Å². The van der Waals surface area contributed by atoms with Crippen LogP contribution in [0.4, 0.5) is 0 Å². The van der Waals surface area contributed by atoms with Gasteiger partial charge in [0.2, 0.25) is 0 Å². The second-order valence-electron chi connectivity index (χ2n) is 7.50. The molecule has 168 valence electrons. The first-order chi connectivity index (χ1) is 13.8. The molecular weight excluding hydrogens is 352 g/mol. The van der Waals surface area contributed by atoms with Gasteiger partial charge >= 0.3 is 0 Å². The second-order valence-corrected chi connectivity index (χ2v) is 7.50. The molecule has 0 N–H and O–H groups in total. The van der Waals surface area contributed by atoms with Gasteiger partial charge in [-0.3, -0.25) is 0 Å². The van der Waals surface area contributed by atoms with Gasteiger partial charge in [-0.1, -0.05) is 65.7 Å². The SMILES string of the molecule is CCCCOC(CCCCCCCCCC=COCOCCC)OCCCC. The van der Waals surface area contributed by atoms with E-state index in [4.69, 9.17) is 18.9 Å². The Bertz CT molecular complexity index is 297. The maximum absolute atomic E-state index is 5.90. The minimum absolute atomic E-state index is 0.0134. The van der Waals surface area contributed by atoms with Crippen molar-refractivity contribution in [1.29, 1.82) is 0 Å². The first-order valence-corrected chi connectivity index (χ1v) is 11.9. The van der Waals surface area contributed by atoms with Crippen molar-refractivity contribution in [1.82, 2.24) is 0 Å². The maximum Gasteiger partial charge on any atom is 0.188 e. The highest BCUT2D eigenvalue weighted by molar-refractivity contribution is 4.72. The van der Waals surface area contributed by atoms with E-state index in [2.05, 4.69) is 26.8 Å². The molecule has 0 aromatic carbocycles. The molecule has 0 aliphatic carbocycles. The molecule has 0 amide bonds. The summed E-state index contributed by atoms with van der Waals surface area (Å²) in [6.45, 7) is 9.30. The van der Waals surface area contributed by atoms with Gasteiger partial charge in [0.05, 0.1) is 12.9 Å². The lowest BCUT2D eigenvalue weighted by Crippen LogP contribution is -2.18. The molecule has 0 heterocycles. The number of hydrogen-bond donors (Lipinski definition) is 0. The number of unbranched alkanes of at least 4 members (excludes halogenated alkanes) is 9. The van der Waals surface area contributed by atoms with E-state index in [9.17, 15) is 0 Å². The minimum Gasteiger partial charge on any atom is -0.475 e. The van der Waals surface area contributed by atoms with Gasteiger partial charge in [-0.2, -0.15) is 0 Å². The van der Waals surface area contributed by atoms with Crippen LogP contribution in [0, 0.1) is 0 Å². The Hall–Kier alpha value is -0.580. The molecule has 0 atom stereocenters. The van der Waals surface area contributed by atoms with Crippen LogP contribution in [0.5, 0.6) is 0 Å². The molecule has 0 aromatic heterocycles. The van der Waals surface area contributed by atoms with Crippen molar-refractivity contribution in [3.8, 4) is 0 Å². The largest absolute Gasteiger partial charge is 0.475 e. The summed E-state index contributed by atoms with van der Waals surface area (Å²) < 4.78 is 22.3. The molecule has 4 heteroatoms. The summed E-state index contributed by atoms with van der Waals surface area (Å²) in [6.07, 6.45) is 20.7. The van der Waals surface area contributed by atoms with E-state index < -0.39 is 0 Å². The highest BCUT2D eigenvalue weighted by Gasteiger charge is 2.08. The van der Waals surface area contributed by atoms with Crippen LogP contribution in [0.15, 0.2) is 12.3 Å². The van der Waals surface area contributed by atoms with Crippen molar-refractivity contribution in [3.05, 3.63) is 12.3 Å². The quantitative estimate of drug-likeness (QED) is 0.102. The Morgan fingerprint density at radius 1 is 0.643 bits per heavy atom. The van der Waals surface area contributed by atoms with Crippen molar-refractivity contribution in [2.45, 2.75) is 117 Å². The third kappa shape index (κ3) is 21.7. The fourth-order valence-electron chi connectivity index (χ4n) is 2.82. The number of rotatable bonds is 23. The van der Waals surface area contributed by atoms with E-state index in [-0.39, 0.29) is 6.29 Å². The van der Waals surface area contributed by atoms with Gasteiger partial charge in [0.1, 0.15) is 0 Å². The Morgan fingerprint density at radius 3 is 1.86 bits per heavy atom. The smallest absolute Gasteiger partial charge is 0.188 e. The van der Waals surface area contributed by atoms with E-state index in [1.807, 2.05) is 0 Å². The first kappa shape index (κ1) is 27.4. The van der Waals surface area contributed by atoms with Crippen molar-refractivity contribution < 1.29 is 18.9 Å². The molecule has 0 bridgehead atoms. The highest BCUT2D eigenvalue weighted by Crippen LogP contribution is 2.13. The maximum atomic E-state index is 5.90. The summed E-state index contributed by atoms with van der Waals surface area (Å²) in [5, 5.41) is 0. The summed E-state index contributed by atoms with van der Waals surface area (Å²) in [5.74, 6) is 0. The molecule has 0 aliphatic rings. The Kier molecular flexibility index (Phi) is 24.0. The van der Waals surface area contributed by atoms with Crippen LogP contribution < -0.4 is 0 Å². The standard InChI is InChI=1S/C24H48O4/c1-4-7-21-27-24(28-22-8-5-2)18-16-14-12-10-9-11-13-15-17-20-26-23-25-19-6-3/h17,20,24H,4-16,18-19,21-23H2,1-3H3. The van der Waals surface area contributed by atoms with Crippen LogP contribution in [0.2, 0.25) is 0 Å². The van der Waals surface area contributed by atoms with Crippen molar-refractivity contribution >= 4 is 0 Å². The first-order valence-electron chi connectivity index (χ1n) is 11.9. The van der Waals surface area contributed by atoms with Crippen LogP contribution in [-0.4, -0.2) is 32.9 Å². The van der Waals surface area contributed by atoms with Gasteiger partial charge in [-0.05, 0) is 51.0 Å². The van der Waals surface area contributed by atoms with Crippen LogP contribution in [-0.2, 0) is 18.9 Å². The molecule has 0 spiro atoms. The summed E-state index contributed by atoms with van der Waals surface area (Å²) in [7, 11) is 0. The lowest BCUT2D eigenvalue weighted by molar-refractivity contribution is -0.147. The second kappa shape index (κ2) is 24.5. The third-order valence-corrected chi connectivity index (χ3v) is 4.61. The van der Waals surface area contributed by atoms with Gasteiger partial charge < -0.3 is 18.9 Å². The molecule has 0 radical (unpaired) electrons. The average molecular weight is 401 g/mol. The van der Waals surface area contributed by atoms with E-state index in [1.165, 1.54) is 57.8 Å². The zero-order chi connectivity index (χ0) is 20.5. The number of hydrogen-bond acceptors (Lipinski definition) is 4. The van der Waals surface area contributed by atoms with Crippen LogP contribution in [0.1, 0.15) is 111 Å². The monoisotopic (exact) mass is 400 g/mol. The lowest BCUT2D eigenvalue weighted by atomic mass is 10.1. The summed E-state index contributed by atoms with van der Waals surface area (Å²) in [6, 6.07) is 0. The van der Waals surface area contributed by atoms with Gasteiger partial charge in [0.25, 0.3) is 0 Å². The average Bonchev–Trinajstić information content (AvgIpc) is 2.70. The molecule has 0 saturated heterocycles. The van der Waals surface area contributed by atoms with Crippen molar-refractivity contribution in [3.63, 3.8) is 0 Å². The van der Waals surface area contributed by atoms with E-state index in [0.29, 0.717) is 6.79 Å². The zero-order valence-corrected chi connectivity index (χ0v) is 19.1. The van der Waals surface area contributed by atoms with Crippen molar-refractivity contribution in [2.24, 2.45) is 0 Å². The highest BCUT2D eigenvalue weighted by atomic mass is 16.7. The van der Waals surface area contributed by atoms with E-state index in [0.717, 1.165) is 51.9 Å². The zero-order valence-electron chi connectivity index (χ0n) is 19.1. The summed E-state index contributed by atoms with van der Waals surface area (Å²) in [5.41, 5.74) is 0. The Morgan fingerprint density at radius 2 is 1.25 bits per heavy atom. The summed E-state index contributed by atoms with van der Waals surface area (Å²) in [4.78, 5) is 0. The molecule has 0 rings (SSSR count). The molecular formula is C24H48O4. The topological polar surface area (TPSA) is 36.9 Å². The number of allylic oxidation sites excluding steroid dienone is 1. The van der Waals surface area contributed by atoms with E-state index >= 15 is 0 Å². The van der Waals surface area contributed by atoms with Crippen molar-refractivity contribution in [2.75, 3.05) is 26.6 Å².